The maximum atomic E-state index is 13.5. The molecule has 0 aliphatic rings. The van der Waals surface area contributed by atoms with Gasteiger partial charge in [-0.2, -0.15) is 0 Å². The van der Waals surface area contributed by atoms with Gasteiger partial charge < -0.3 is 30.0 Å². The van der Waals surface area contributed by atoms with Crippen molar-refractivity contribution in [3.05, 3.63) is 47.2 Å². The topological polar surface area (TPSA) is 98.8 Å². The van der Waals surface area contributed by atoms with E-state index < -0.39 is 0 Å². The number of amides is 1. The van der Waals surface area contributed by atoms with E-state index in [9.17, 15) is 9.59 Å². The SMILES string of the molecule is CCOc1cc2cn(CC(=O)c3cc(N(C)C)c(OC)c(C(C)(C)C)c3)c(N)c2cc1C(=O)NC. The number of hydrogen-bond acceptors (Lipinski definition) is 6. The van der Waals surface area contributed by atoms with Gasteiger partial charge >= 0.3 is 0 Å². The average molecular weight is 481 g/mol. The molecule has 1 heterocycles. The van der Waals surface area contributed by atoms with E-state index in [-0.39, 0.29) is 23.7 Å². The number of methoxy groups -OCH3 is 1. The first-order valence-electron chi connectivity index (χ1n) is 11.6. The molecule has 3 rings (SSSR count). The fourth-order valence-electron chi connectivity index (χ4n) is 4.16. The van der Waals surface area contributed by atoms with E-state index in [0.717, 1.165) is 22.4 Å². The molecule has 0 saturated carbocycles. The molecule has 0 atom stereocenters. The van der Waals surface area contributed by atoms with Gasteiger partial charge in [0.1, 0.15) is 17.3 Å². The molecule has 3 aromatic rings. The van der Waals surface area contributed by atoms with Gasteiger partial charge in [0.25, 0.3) is 5.91 Å². The van der Waals surface area contributed by atoms with Gasteiger partial charge in [-0.25, -0.2) is 0 Å². The Morgan fingerprint density at radius 3 is 2.37 bits per heavy atom. The van der Waals surface area contributed by atoms with Crippen molar-refractivity contribution in [2.75, 3.05) is 45.5 Å². The Morgan fingerprint density at radius 2 is 1.83 bits per heavy atom. The molecule has 0 saturated heterocycles. The largest absolute Gasteiger partial charge is 0.494 e. The molecule has 0 radical (unpaired) electrons. The second-order valence-corrected chi connectivity index (χ2v) is 9.73. The molecule has 8 heteroatoms. The van der Waals surface area contributed by atoms with E-state index in [1.54, 1.807) is 30.9 Å². The molecule has 188 valence electrons. The summed E-state index contributed by atoms with van der Waals surface area (Å²) >= 11 is 0. The van der Waals surface area contributed by atoms with Crippen molar-refractivity contribution in [1.29, 1.82) is 0 Å². The first-order chi connectivity index (χ1) is 16.4. The summed E-state index contributed by atoms with van der Waals surface area (Å²) in [5, 5.41) is 4.12. The minimum Gasteiger partial charge on any atom is -0.494 e. The fourth-order valence-corrected chi connectivity index (χ4v) is 4.16. The van der Waals surface area contributed by atoms with Crippen LogP contribution in [-0.4, -0.2) is 51.1 Å². The summed E-state index contributed by atoms with van der Waals surface area (Å²) in [6.07, 6.45) is 1.82. The number of nitrogen functional groups attached to an aromatic ring is 1. The summed E-state index contributed by atoms with van der Waals surface area (Å²) in [6, 6.07) is 7.26. The van der Waals surface area contributed by atoms with Crippen molar-refractivity contribution < 1.29 is 19.1 Å². The average Bonchev–Trinajstić information content (AvgIpc) is 3.10. The third-order valence-electron chi connectivity index (χ3n) is 6.00. The highest BCUT2D eigenvalue weighted by molar-refractivity contribution is 6.05. The highest BCUT2D eigenvalue weighted by atomic mass is 16.5. The van der Waals surface area contributed by atoms with Crippen molar-refractivity contribution in [3.8, 4) is 11.5 Å². The summed E-state index contributed by atoms with van der Waals surface area (Å²) < 4.78 is 13.1. The molecule has 0 fully saturated rings. The van der Waals surface area contributed by atoms with Crippen molar-refractivity contribution in [3.63, 3.8) is 0 Å². The summed E-state index contributed by atoms with van der Waals surface area (Å²) in [5.74, 6) is 1.31. The Balaban J connectivity index is 2.07. The van der Waals surface area contributed by atoms with Gasteiger partial charge in [-0.05, 0) is 36.6 Å². The van der Waals surface area contributed by atoms with Crippen LogP contribution < -0.4 is 25.4 Å². The zero-order chi connectivity index (χ0) is 26.1. The van der Waals surface area contributed by atoms with Crippen molar-refractivity contribution in [1.82, 2.24) is 9.88 Å². The summed E-state index contributed by atoms with van der Waals surface area (Å²) in [6.45, 7) is 8.62. The van der Waals surface area contributed by atoms with Gasteiger partial charge in [0.05, 0.1) is 31.5 Å². The van der Waals surface area contributed by atoms with Gasteiger partial charge in [0.15, 0.2) is 5.78 Å². The van der Waals surface area contributed by atoms with Gasteiger partial charge in [-0.15, -0.1) is 0 Å². The Kier molecular flexibility index (Phi) is 7.33. The number of hydrogen-bond donors (Lipinski definition) is 2. The van der Waals surface area contributed by atoms with Crippen molar-refractivity contribution >= 4 is 34.0 Å². The van der Waals surface area contributed by atoms with Gasteiger partial charge in [-0.1, -0.05) is 20.8 Å². The highest BCUT2D eigenvalue weighted by Crippen LogP contribution is 2.40. The molecule has 2 aromatic carbocycles. The highest BCUT2D eigenvalue weighted by Gasteiger charge is 2.25. The molecule has 3 N–H and O–H groups in total. The van der Waals surface area contributed by atoms with E-state index in [0.29, 0.717) is 34.7 Å². The predicted octanol–water partition coefficient (Wildman–Crippen LogP) is 4.24. The number of carbonyl (C=O) groups excluding carboxylic acids is 2. The normalized spacial score (nSPS) is 11.4. The molecule has 8 nitrogen and oxygen atoms in total. The third kappa shape index (κ3) is 5.06. The number of ether oxygens (including phenoxy) is 2. The molecular weight excluding hydrogens is 444 g/mol. The van der Waals surface area contributed by atoms with Gasteiger partial charge in [0.2, 0.25) is 0 Å². The molecule has 0 aliphatic carbocycles. The first-order valence-corrected chi connectivity index (χ1v) is 11.6. The number of rotatable bonds is 8. The number of benzene rings is 2. The van der Waals surface area contributed by atoms with Crippen LogP contribution in [0.3, 0.4) is 0 Å². The Labute approximate surface area is 207 Å². The molecular formula is C27H36N4O4. The molecule has 0 aliphatic heterocycles. The number of Topliss-reactive ketones (excluding diaryl/α,β-unsaturated/α-hetero) is 1. The van der Waals surface area contributed by atoms with Gasteiger partial charge in [0, 0.05) is 49.2 Å². The smallest absolute Gasteiger partial charge is 0.254 e. The van der Waals surface area contributed by atoms with Crippen molar-refractivity contribution in [2.24, 2.45) is 0 Å². The lowest BCUT2D eigenvalue weighted by atomic mass is 9.84. The number of nitrogens with one attached hydrogen (secondary N) is 1. The Morgan fingerprint density at radius 1 is 1.14 bits per heavy atom. The van der Waals surface area contributed by atoms with Crippen LogP contribution in [0.2, 0.25) is 0 Å². The lowest BCUT2D eigenvalue weighted by Crippen LogP contribution is -2.20. The number of aromatic nitrogens is 1. The minimum atomic E-state index is -0.261. The van der Waals surface area contributed by atoms with Crippen LogP contribution in [0.15, 0.2) is 30.5 Å². The van der Waals surface area contributed by atoms with Crippen LogP contribution in [0.5, 0.6) is 11.5 Å². The van der Waals surface area contributed by atoms with E-state index in [2.05, 4.69) is 26.1 Å². The van der Waals surface area contributed by atoms with Crippen LogP contribution in [0.25, 0.3) is 10.8 Å². The standard InChI is InChI=1S/C27H36N4O4/c1-9-35-23-12-17-14-31(25(28)18(17)13-19(23)26(33)29-5)15-22(32)16-10-20(27(2,3)4)24(34-8)21(11-16)30(6)7/h10-14H,9,15,28H2,1-8H3,(H,29,33). The molecule has 0 spiro atoms. The Hall–Kier alpha value is -3.68. The van der Waals surface area contributed by atoms with E-state index in [4.69, 9.17) is 15.2 Å². The number of anilines is 2. The number of carbonyl (C=O) groups is 2. The first kappa shape index (κ1) is 25.9. The number of fused-ring (bicyclic) bond motifs is 1. The van der Waals surface area contributed by atoms with E-state index in [1.165, 1.54) is 0 Å². The fraction of sp³-hybridized carbons (Fsp3) is 0.407. The van der Waals surface area contributed by atoms with Crippen molar-refractivity contribution in [2.45, 2.75) is 39.7 Å². The molecule has 1 aromatic heterocycles. The second-order valence-electron chi connectivity index (χ2n) is 9.73. The summed E-state index contributed by atoms with van der Waals surface area (Å²) in [7, 11) is 7.07. The van der Waals surface area contributed by atoms with Gasteiger partial charge in [-0.3, -0.25) is 9.59 Å². The lowest BCUT2D eigenvalue weighted by molar-refractivity contribution is 0.0955. The molecule has 1 amide bonds. The van der Waals surface area contributed by atoms with E-state index >= 15 is 0 Å². The third-order valence-corrected chi connectivity index (χ3v) is 6.00. The molecule has 35 heavy (non-hydrogen) atoms. The Bertz CT molecular complexity index is 1270. The van der Waals surface area contributed by atoms with Crippen LogP contribution in [0.1, 0.15) is 54.0 Å². The van der Waals surface area contributed by atoms with E-state index in [1.807, 2.05) is 44.2 Å². The number of ketones is 1. The van der Waals surface area contributed by atoms with Crippen LogP contribution >= 0.6 is 0 Å². The quantitative estimate of drug-likeness (QED) is 0.468. The summed E-state index contributed by atoms with van der Waals surface area (Å²) in [5.41, 5.74) is 8.99. The molecule has 0 bridgehead atoms. The van der Waals surface area contributed by atoms with Crippen LogP contribution in [0.4, 0.5) is 11.5 Å². The molecule has 0 unspecified atom stereocenters. The zero-order valence-corrected chi connectivity index (χ0v) is 21.9. The zero-order valence-electron chi connectivity index (χ0n) is 21.9. The van der Waals surface area contributed by atoms with Crippen LogP contribution in [-0.2, 0) is 12.0 Å². The van der Waals surface area contributed by atoms with Crippen LogP contribution in [0, 0.1) is 0 Å². The number of nitrogens with two attached hydrogens (primary N) is 1. The lowest BCUT2D eigenvalue weighted by Gasteiger charge is -2.27. The predicted molar refractivity (Wildman–Crippen MR) is 141 cm³/mol. The maximum absolute atomic E-state index is 13.5. The minimum absolute atomic E-state index is 0.0581. The monoisotopic (exact) mass is 480 g/mol. The summed E-state index contributed by atoms with van der Waals surface area (Å²) in [4.78, 5) is 27.8. The second kappa shape index (κ2) is 9.90. The number of nitrogens with zero attached hydrogens (tertiary/aromatic N) is 2. The maximum Gasteiger partial charge on any atom is 0.254 e.